The van der Waals surface area contributed by atoms with Gasteiger partial charge in [0.15, 0.2) is 0 Å². The number of nitrogens with two attached hydrogens (primary N) is 1. The Hall–Kier alpha value is -0.790. The van der Waals surface area contributed by atoms with E-state index < -0.39 is 0 Å². The highest BCUT2D eigenvalue weighted by atomic mass is 35.5. The molecule has 1 rings (SSSR count). The average molecular weight is 168 g/mol. The van der Waals surface area contributed by atoms with Crippen molar-refractivity contribution in [2.75, 3.05) is 0 Å². The normalized spacial score (nSPS) is 12.5. The Kier molecular flexibility index (Phi) is 2.69. The molecule has 11 heavy (non-hydrogen) atoms. The van der Waals surface area contributed by atoms with Gasteiger partial charge in [0.2, 0.25) is 0 Å². The molecule has 0 amide bonds. The van der Waals surface area contributed by atoms with Crippen LogP contribution < -0.4 is 5.73 Å². The van der Waals surface area contributed by atoms with E-state index in [2.05, 4.69) is 6.58 Å². The van der Waals surface area contributed by atoms with Gasteiger partial charge in [-0.3, -0.25) is 0 Å². The molecule has 0 aromatic heterocycles. The van der Waals surface area contributed by atoms with Crippen molar-refractivity contribution in [3.8, 4) is 0 Å². The molecule has 2 N–H and O–H groups in total. The lowest BCUT2D eigenvalue weighted by Gasteiger charge is -2.07. The summed E-state index contributed by atoms with van der Waals surface area (Å²) in [7, 11) is 0. The number of rotatable bonds is 2. The summed E-state index contributed by atoms with van der Waals surface area (Å²) in [6.07, 6.45) is 1.67. The first-order chi connectivity index (χ1) is 5.25. The quantitative estimate of drug-likeness (QED) is 0.674. The summed E-state index contributed by atoms with van der Waals surface area (Å²) in [5.74, 6) is 0. The van der Waals surface area contributed by atoms with Gasteiger partial charge in [-0.05, 0) is 11.6 Å². The van der Waals surface area contributed by atoms with Gasteiger partial charge in [0.25, 0.3) is 0 Å². The van der Waals surface area contributed by atoms with Crippen LogP contribution in [-0.4, -0.2) is 0 Å². The van der Waals surface area contributed by atoms with E-state index >= 15 is 0 Å². The molecule has 0 bridgehead atoms. The van der Waals surface area contributed by atoms with Crippen LogP contribution >= 0.6 is 11.6 Å². The molecule has 0 heterocycles. The van der Waals surface area contributed by atoms with E-state index in [4.69, 9.17) is 17.3 Å². The van der Waals surface area contributed by atoms with Crippen LogP contribution in [0.4, 0.5) is 0 Å². The Morgan fingerprint density at radius 3 is 2.64 bits per heavy atom. The van der Waals surface area contributed by atoms with Gasteiger partial charge < -0.3 is 5.73 Å². The topological polar surface area (TPSA) is 26.0 Å². The first-order valence-corrected chi connectivity index (χ1v) is 3.76. The van der Waals surface area contributed by atoms with Crippen LogP contribution in [0.1, 0.15) is 11.6 Å². The van der Waals surface area contributed by atoms with Crippen molar-refractivity contribution in [2.24, 2.45) is 5.73 Å². The maximum atomic E-state index is 5.87. The summed E-state index contributed by atoms with van der Waals surface area (Å²) < 4.78 is 0. The molecule has 1 aromatic rings. The Bertz CT molecular complexity index is 257. The minimum Gasteiger partial charge on any atom is -0.321 e. The van der Waals surface area contributed by atoms with Gasteiger partial charge in [0.05, 0.1) is 0 Å². The Morgan fingerprint density at radius 1 is 1.45 bits per heavy atom. The summed E-state index contributed by atoms with van der Waals surface area (Å²) in [6.45, 7) is 3.59. The van der Waals surface area contributed by atoms with Gasteiger partial charge in [-0.1, -0.05) is 35.9 Å². The molecule has 0 aliphatic carbocycles. The number of halogens is 1. The second-order valence-electron chi connectivity index (χ2n) is 2.28. The highest BCUT2D eigenvalue weighted by Gasteiger charge is 2.03. The van der Waals surface area contributed by atoms with E-state index in [-0.39, 0.29) is 6.04 Å². The van der Waals surface area contributed by atoms with Crippen molar-refractivity contribution in [1.82, 2.24) is 0 Å². The van der Waals surface area contributed by atoms with Crippen LogP contribution in [0.3, 0.4) is 0 Å². The third-order valence-electron chi connectivity index (χ3n) is 1.52. The van der Waals surface area contributed by atoms with Gasteiger partial charge in [-0.2, -0.15) is 0 Å². The fourth-order valence-corrected chi connectivity index (χ4v) is 1.13. The molecule has 0 saturated heterocycles. The Balaban J connectivity index is 3.02. The lowest BCUT2D eigenvalue weighted by Crippen LogP contribution is -2.06. The fraction of sp³-hybridized carbons (Fsp3) is 0.111. The molecule has 1 aromatic carbocycles. The summed E-state index contributed by atoms with van der Waals surface area (Å²) in [5.41, 5.74) is 6.61. The van der Waals surface area contributed by atoms with E-state index in [0.29, 0.717) is 5.02 Å². The van der Waals surface area contributed by atoms with E-state index in [1.54, 1.807) is 6.08 Å². The van der Waals surface area contributed by atoms with Crippen molar-refractivity contribution >= 4 is 11.6 Å². The van der Waals surface area contributed by atoms with E-state index in [1.807, 2.05) is 24.3 Å². The SMILES string of the molecule is C=C[C@H](N)c1ccccc1Cl. The smallest absolute Gasteiger partial charge is 0.0493 e. The third kappa shape index (κ3) is 1.82. The zero-order valence-electron chi connectivity index (χ0n) is 6.13. The summed E-state index contributed by atoms with van der Waals surface area (Å²) in [5, 5.41) is 0.694. The first kappa shape index (κ1) is 8.31. The van der Waals surface area contributed by atoms with Crippen molar-refractivity contribution in [2.45, 2.75) is 6.04 Å². The maximum absolute atomic E-state index is 5.87. The molecule has 0 aliphatic rings. The molecule has 1 atom stereocenters. The molecule has 0 saturated carbocycles. The van der Waals surface area contributed by atoms with Crippen molar-refractivity contribution in [3.05, 3.63) is 47.5 Å². The largest absolute Gasteiger partial charge is 0.321 e. The van der Waals surface area contributed by atoms with Gasteiger partial charge in [0.1, 0.15) is 0 Å². The third-order valence-corrected chi connectivity index (χ3v) is 1.86. The molecule has 0 spiro atoms. The van der Waals surface area contributed by atoms with Crippen LogP contribution in [-0.2, 0) is 0 Å². The second-order valence-corrected chi connectivity index (χ2v) is 2.69. The summed E-state index contributed by atoms with van der Waals surface area (Å²) in [4.78, 5) is 0. The highest BCUT2D eigenvalue weighted by Crippen LogP contribution is 2.20. The number of hydrogen-bond acceptors (Lipinski definition) is 1. The van der Waals surface area contributed by atoms with Crippen molar-refractivity contribution < 1.29 is 0 Å². The number of benzene rings is 1. The molecule has 0 radical (unpaired) electrons. The minimum atomic E-state index is -0.163. The monoisotopic (exact) mass is 167 g/mol. The number of hydrogen-bond donors (Lipinski definition) is 1. The molecule has 0 unspecified atom stereocenters. The molecule has 1 nitrogen and oxygen atoms in total. The van der Waals surface area contributed by atoms with Gasteiger partial charge in [-0.15, -0.1) is 6.58 Å². The predicted octanol–water partition coefficient (Wildman–Crippen LogP) is 2.53. The molecular formula is C9H10ClN. The van der Waals surface area contributed by atoms with Gasteiger partial charge in [-0.25, -0.2) is 0 Å². The van der Waals surface area contributed by atoms with Crippen molar-refractivity contribution in [1.29, 1.82) is 0 Å². The molecule has 0 fully saturated rings. The van der Waals surface area contributed by atoms with Crippen LogP contribution in [0.15, 0.2) is 36.9 Å². The fourth-order valence-electron chi connectivity index (χ4n) is 0.872. The van der Waals surface area contributed by atoms with Crippen LogP contribution in [0.5, 0.6) is 0 Å². The highest BCUT2D eigenvalue weighted by molar-refractivity contribution is 6.31. The Morgan fingerprint density at radius 2 is 2.09 bits per heavy atom. The van der Waals surface area contributed by atoms with Crippen LogP contribution in [0.2, 0.25) is 5.02 Å². The summed E-state index contributed by atoms with van der Waals surface area (Å²) in [6, 6.07) is 7.34. The zero-order chi connectivity index (χ0) is 8.27. The van der Waals surface area contributed by atoms with Gasteiger partial charge in [0, 0.05) is 11.1 Å². The molecule has 0 aliphatic heterocycles. The first-order valence-electron chi connectivity index (χ1n) is 3.38. The van der Waals surface area contributed by atoms with E-state index in [9.17, 15) is 0 Å². The summed E-state index contributed by atoms with van der Waals surface area (Å²) >= 11 is 5.87. The second kappa shape index (κ2) is 3.56. The molecular weight excluding hydrogens is 158 g/mol. The minimum absolute atomic E-state index is 0.163. The maximum Gasteiger partial charge on any atom is 0.0493 e. The lowest BCUT2D eigenvalue weighted by atomic mass is 10.1. The molecule has 58 valence electrons. The zero-order valence-corrected chi connectivity index (χ0v) is 6.88. The van der Waals surface area contributed by atoms with Gasteiger partial charge >= 0.3 is 0 Å². The predicted molar refractivity (Wildman–Crippen MR) is 48.6 cm³/mol. The van der Waals surface area contributed by atoms with E-state index in [1.165, 1.54) is 0 Å². The van der Waals surface area contributed by atoms with E-state index in [0.717, 1.165) is 5.56 Å². The average Bonchev–Trinajstić information content (AvgIpc) is 2.04. The Labute approximate surface area is 71.5 Å². The van der Waals surface area contributed by atoms with Crippen LogP contribution in [0, 0.1) is 0 Å². The van der Waals surface area contributed by atoms with Crippen molar-refractivity contribution in [3.63, 3.8) is 0 Å². The van der Waals surface area contributed by atoms with Crippen LogP contribution in [0.25, 0.3) is 0 Å². The standard InChI is InChI=1S/C9H10ClN/c1-2-9(11)7-5-3-4-6-8(7)10/h2-6,9H,1,11H2/t9-/m0/s1. The molecule has 2 heteroatoms. The lowest BCUT2D eigenvalue weighted by molar-refractivity contribution is 0.915.